The van der Waals surface area contributed by atoms with E-state index in [0.29, 0.717) is 11.8 Å². The van der Waals surface area contributed by atoms with Crippen LogP contribution >= 0.6 is 0 Å². The van der Waals surface area contributed by atoms with Crippen LogP contribution in [0.5, 0.6) is 0 Å². The van der Waals surface area contributed by atoms with Crippen LogP contribution < -0.4 is 5.32 Å². The highest BCUT2D eigenvalue weighted by Crippen LogP contribution is 2.28. The van der Waals surface area contributed by atoms with E-state index in [4.69, 9.17) is 4.98 Å². The maximum atomic E-state index is 4.91. The van der Waals surface area contributed by atoms with Crippen LogP contribution in [0.2, 0.25) is 0 Å². The van der Waals surface area contributed by atoms with E-state index in [1.165, 1.54) is 29.7 Å². The van der Waals surface area contributed by atoms with Crippen LogP contribution in [0.3, 0.4) is 0 Å². The van der Waals surface area contributed by atoms with E-state index in [2.05, 4.69) is 61.2 Å². The fourth-order valence-corrected chi connectivity index (χ4v) is 3.09. The number of nitrogens with one attached hydrogen (secondary N) is 1. The summed E-state index contributed by atoms with van der Waals surface area (Å²) < 4.78 is 2.17. The van der Waals surface area contributed by atoms with Gasteiger partial charge in [-0.1, -0.05) is 38.1 Å². The molecular weight excluding hydrogens is 258 g/mol. The number of imidazole rings is 1. The lowest BCUT2D eigenvalue weighted by atomic mass is 9.95. The van der Waals surface area contributed by atoms with Gasteiger partial charge < -0.3 is 9.88 Å². The lowest BCUT2D eigenvalue weighted by Crippen LogP contribution is -2.26. The first-order chi connectivity index (χ1) is 10.1. The zero-order valence-electron chi connectivity index (χ0n) is 13.3. The van der Waals surface area contributed by atoms with Crippen molar-refractivity contribution in [1.29, 1.82) is 0 Å². The van der Waals surface area contributed by atoms with Crippen LogP contribution in [0, 0.1) is 0 Å². The van der Waals surface area contributed by atoms with Gasteiger partial charge in [-0.05, 0) is 37.4 Å². The SMILES string of the molecule is CC(C)c1ccc(-c2nc(C3CCNCC3)cn2C)cc1. The summed E-state index contributed by atoms with van der Waals surface area (Å²) in [7, 11) is 2.10. The van der Waals surface area contributed by atoms with Gasteiger partial charge in [0.25, 0.3) is 0 Å². The summed E-state index contributed by atoms with van der Waals surface area (Å²) in [5.41, 5.74) is 3.84. The Morgan fingerprint density at radius 1 is 1.14 bits per heavy atom. The molecule has 0 atom stereocenters. The number of benzene rings is 1. The van der Waals surface area contributed by atoms with Gasteiger partial charge in [-0.25, -0.2) is 4.98 Å². The normalized spacial score (nSPS) is 16.6. The fourth-order valence-electron chi connectivity index (χ4n) is 3.09. The van der Waals surface area contributed by atoms with E-state index in [9.17, 15) is 0 Å². The minimum atomic E-state index is 0.575. The molecule has 1 aliphatic rings. The summed E-state index contributed by atoms with van der Waals surface area (Å²) >= 11 is 0. The summed E-state index contributed by atoms with van der Waals surface area (Å²) in [6.45, 7) is 6.68. The summed E-state index contributed by atoms with van der Waals surface area (Å²) in [5.74, 6) is 2.27. The lowest BCUT2D eigenvalue weighted by Gasteiger charge is -2.20. The van der Waals surface area contributed by atoms with Crippen molar-refractivity contribution in [2.45, 2.75) is 38.5 Å². The Bertz CT molecular complexity index is 589. The smallest absolute Gasteiger partial charge is 0.139 e. The summed E-state index contributed by atoms with van der Waals surface area (Å²) in [6, 6.07) is 8.84. The van der Waals surface area contributed by atoms with Gasteiger partial charge >= 0.3 is 0 Å². The molecule has 0 unspecified atom stereocenters. The lowest BCUT2D eigenvalue weighted by molar-refractivity contribution is 0.454. The predicted octanol–water partition coefficient (Wildman–Crippen LogP) is 3.68. The predicted molar refractivity (Wildman–Crippen MR) is 87.6 cm³/mol. The minimum absolute atomic E-state index is 0.575. The Hall–Kier alpha value is -1.61. The van der Waals surface area contributed by atoms with Crippen molar-refractivity contribution in [1.82, 2.24) is 14.9 Å². The molecule has 1 aliphatic heterocycles. The molecule has 2 aromatic rings. The Kier molecular flexibility index (Phi) is 4.11. The molecule has 3 nitrogen and oxygen atoms in total. The number of aromatic nitrogens is 2. The second-order valence-corrected chi connectivity index (χ2v) is 6.40. The average molecular weight is 283 g/mol. The van der Waals surface area contributed by atoms with Gasteiger partial charge in [-0.15, -0.1) is 0 Å². The first-order valence-electron chi connectivity index (χ1n) is 7.99. The van der Waals surface area contributed by atoms with Gasteiger partial charge in [0.05, 0.1) is 5.69 Å². The van der Waals surface area contributed by atoms with Gasteiger partial charge in [0.15, 0.2) is 0 Å². The molecule has 0 amide bonds. The zero-order chi connectivity index (χ0) is 14.8. The average Bonchev–Trinajstić information content (AvgIpc) is 2.90. The van der Waals surface area contributed by atoms with Gasteiger partial charge in [-0.2, -0.15) is 0 Å². The van der Waals surface area contributed by atoms with E-state index < -0.39 is 0 Å². The Morgan fingerprint density at radius 2 is 1.81 bits per heavy atom. The first kappa shape index (κ1) is 14.3. The number of rotatable bonds is 3. The van der Waals surface area contributed by atoms with Crippen LogP contribution in [0.4, 0.5) is 0 Å². The van der Waals surface area contributed by atoms with E-state index >= 15 is 0 Å². The van der Waals surface area contributed by atoms with Crippen molar-refractivity contribution in [3.63, 3.8) is 0 Å². The first-order valence-corrected chi connectivity index (χ1v) is 7.99. The number of aryl methyl sites for hydroxylation is 1. The molecule has 1 fully saturated rings. The maximum Gasteiger partial charge on any atom is 0.139 e. The molecule has 1 saturated heterocycles. The van der Waals surface area contributed by atoms with Crippen LogP contribution in [0.1, 0.15) is 49.8 Å². The number of hydrogen-bond donors (Lipinski definition) is 1. The Morgan fingerprint density at radius 3 is 2.43 bits per heavy atom. The molecule has 0 aliphatic carbocycles. The molecule has 1 N–H and O–H groups in total. The summed E-state index contributed by atoms with van der Waals surface area (Å²) in [5, 5.41) is 3.42. The van der Waals surface area contributed by atoms with Gasteiger partial charge in [0, 0.05) is 24.7 Å². The fraction of sp³-hybridized carbons (Fsp3) is 0.500. The molecule has 1 aromatic heterocycles. The molecule has 112 valence electrons. The number of hydrogen-bond acceptors (Lipinski definition) is 2. The monoisotopic (exact) mass is 283 g/mol. The van der Waals surface area contributed by atoms with Crippen LogP contribution in [0.25, 0.3) is 11.4 Å². The van der Waals surface area contributed by atoms with E-state index in [-0.39, 0.29) is 0 Å². The number of piperidine rings is 1. The van der Waals surface area contributed by atoms with E-state index in [1.54, 1.807) is 0 Å². The molecule has 2 heterocycles. The molecule has 1 aromatic carbocycles. The third-order valence-corrected chi connectivity index (χ3v) is 4.49. The highest BCUT2D eigenvalue weighted by Gasteiger charge is 2.19. The van der Waals surface area contributed by atoms with Crippen LogP contribution in [-0.4, -0.2) is 22.6 Å². The molecule has 0 bridgehead atoms. The molecule has 0 radical (unpaired) electrons. The number of nitrogens with zero attached hydrogens (tertiary/aromatic N) is 2. The largest absolute Gasteiger partial charge is 0.334 e. The standard InChI is InChI=1S/C18H25N3/c1-13(2)14-4-6-16(7-5-14)18-20-17(12-21(18)3)15-8-10-19-11-9-15/h4-7,12-13,15,19H,8-11H2,1-3H3. The molecule has 3 heteroatoms. The van der Waals surface area contributed by atoms with E-state index in [0.717, 1.165) is 18.9 Å². The highest BCUT2D eigenvalue weighted by molar-refractivity contribution is 5.57. The quantitative estimate of drug-likeness (QED) is 0.931. The van der Waals surface area contributed by atoms with Crippen LogP contribution in [0.15, 0.2) is 30.5 Å². The van der Waals surface area contributed by atoms with Crippen molar-refractivity contribution < 1.29 is 0 Å². The minimum Gasteiger partial charge on any atom is -0.334 e. The second kappa shape index (κ2) is 6.02. The van der Waals surface area contributed by atoms with Gasteiger partial charge in [0.1, 0.15) is 5.82 Å². The van der Waals surface area contributed by atoms with Crippen molar-refractivity contribution >= 4 is 0 Å². The Labute approximate surface area is 127 Å². The summed E-state index contributed by atoms with van der Waals surface area (Å²) in [4.78, 5) is 4.91. The van der Waals surface area contributed by atoms with Crippen molar-refractivity contribution in [3.05, 3.63) is 41.7 Å². The Balaban J connectivity index is 1.86. The van der Waals surface area contributed by atoms with Gasteiger partial charge in [-0.3, -0.25) is 0 Å². The van der Waals surface area contributed by atoms with Crippen molar-refractivity contribution in [2.75, 3.05) is 13.1 Å². The van der Waals surface area contributed by atoms with E-state index in [1.807, 2.05) is 0 Å². The second-order valence-electron chi connectivity index (χ2n) is 6.40. The maximum absolute atomic E-state index is 4.91. The highest BCUT2D eigenvalue weighted by atomic mass is 15.1. The molecule has 0 saturated carbocycles. The van der Waals surface area contributed by atoms with Crippen LogP contribution in [-0.2, 0) is 7.05 Å². The molecular formula is C18H25N3. The summed E-state index contributed by atoms with van der Waals surface area (Å²) in [6.07, 6.45) is 4.60. The molecule has 21 heavy (non-hydrogen) atoms. The zero-order valence-corrected chi connectivity index (χ0v) is 13.3. The third-order valence-electron chi connectivity index (χ3n) is 4.49. The molecule has 0 spiro atoms. The van der Waals surface area contributed by atoms with Crippen molar-refractivity contribution in [2.24, 2.45) is 7.05 Å². The third kappa shape index (κ3) is 3.03. The molecule has 3 rings (SSSR count). The van der Waals surface area contributed by atoms with Gasteiger partial charge in [0.2, 0.25) is 0 Å². The topological polar surface area (TPSA) is 29.9 Å². The van der Waals surface area contributed by atoms with Crippen molar-refractivity contribution in [3.8, 4) is 11.4 Å².